The van der Waals surface area contributed by atoms with Gasteiger partial charge in [-0.2, -0.15) is 5.10 Å². The predicted octanol–water partition coefficient (Wildman–Crippen LogP) is 2.06. The number of rotatable bonds is 3. The van der Waals surface area contributed by atoms with E-state index in [4.69, 9.17) is 6.42 Å². The lowest BCUT2D eigenvalue weighted by molar-refractivity contribution is 0.111. The second-order valence-corrected chi connectivity index (χ2v) is 3.86. The summed E-state index contributed by atoms with van der Waals surface area (Å²) in [4.78, 5) is 11.8. The summed E-state index contributed by atoms with van der Waals surface area (Å²) in [6.45, 7) is 0.319. The predicted molar refractivity (Wildman–Crippen MR) is 59.8 cm³/mol. The van der Waals surface area contributed by atoms with Gasteiger partial charge in [-0.3, -0.25) is 4.79 Å². The smallest absolute Gasteiger partial charge is 0.168 e. The molecule has 74 valence electrons. The zero-order valence-corrected chi connectivity index (χ0v) is 8.70. The van der Waals surface area contributed by atoms with Crippen LogP contribution in [-0.4, -0.2) is 16.1 Å². The number of hydrogen-bond donors (Lipinski definition) is 0. The Morgan fingerprint density at radius 2 is 2.53 bits per heavy atom. The van der Waals surface area contributed by atoms with Gasteiger partial charge in [-0.15, -0.1) is 17.8 Å². The second-order valence-electron chi connectivity index (χ2n) is 2.91. The van der Waals surface area contributed by atoms with Crippen molar-refractivity contribution in [1.29, 1.82) is 0 Å². The molecule has 0 aliphatic carbocycles. The van der Waals surface area contributed by atoms with E-state index < -0.39 is 0 Å². The monoisotopic (exact) mass is 216 g/mol. The molecule has 4 heteroatoms. The van der Waals surface area contributed by atoms with E-state index in [0.717, 1.165) is 16.9 Å². The Bertz CT molecular complexity index is 505. The van der Waals surface area contributed by atoms with Crippen molar-refractivity contribution in [2.24, 2.45) is 0 Å². The Morgan fingerprint density at radius 3 is 3.13 bits per heavy atom. The van der Waals surface area contributed by atoms with Crippen molar-refractivity contribution in [1.82, 2.24) is 9.78 Å². The Labute approximate surface area is 91.4 Å². The van der Waals surface area contributed by atoms with E-state index in [2.05, 4.69) is 11.0 Å². The summed E-state index contributed by atoms with van der Waals surface area (Å²) < 4.78 is 1.53. The van der Waals surface area contributed by atoms with Gasteiger partial charge in [0.15, 0.2) is 6.29 Å². The van der Waals surface area contributed by atoms with Gasteiger partial charge >= 0.3 is 0 Å². The molecule has 0 aliphatic heterocycles. The van der Waals surface area contributed by atoms with E-state index in [0.29, 0.717) is 12.2 Å². The van der Waals surface area contributed by atoms with Crippen LogP contribution in [0.3, 0.4) is 0 Å². The summed E-state index contributed by atoms with van der Waals surface area (Å²) in [6, 6.07) is 5.65. The molecule has 0 fully saturated rings. The van der Waals surface area contributed by atoms with Crippen LogP contribution >= 0.6 is 11.3 Å². The molecule has 0 spiro atoms. The number of carbonyl (C=O) groups is 1. The Balaban J connectivity index is 2.44. The molecule has 0 unspecified atom stereocenters. The van der Waals surface area contributed by atoms with Gasteiger partial charge in [-0.25, -0.2) is 4.68 Å². The van der Waals surface area contributed by atoms with Crippen molar-refractivity contribution in [2.45, 2.75) is 6.54 Å². The summed E-state index contributed by atoms with van der Waals surface area (Å²) >= 11 is 1.58. The molecule has 0 bridgehead atoms. The first kappa shape index (κ1) is 9.69. The van der Waals surface area contributed by atoms with E-state index in [1.807, 2.05) is 17.5 Å². The van der Waals surface area contributed by atoms with Gasteiger partial charge in [0.2, 0.25) is 0 Å². The molecule has 15 heavy (non-hydrogen) atoms. The minimum Gasteiger partial charge on any atom is -0.296 e. The third kappa shape index (κ3) is 1.83. The summed E-state index contributed by atoms with van der Waals surface area (Å²) in [6.07, 6.45) is 5.95. The number of nitrogens with zero attached hydrogens (tertiary/aromatic N) is 2. The Morgan fingerprint density at radius 1 is 1.67 bits per heavy atom. The standard InChI is InChI=1S/C11H8N2OS/c1-2-5-13-9(8-14)7-10(12-13)11-4-3-6-15-11/h1,3-4,6-8H,5H2. The Kier molecular flexibility index (Phi) is 2.66. The summed E-state index contributed by atoms with van der Waals surface area (Å²) in [7, 11) is 0. The van der Waals surface area contributed by atoms with Crippen LogP contribution in [-0.2, 0) is 6.54 Å². The molecule has 2 aromatic heterocycles. The molecule has 0 aromatic carbocycles. The normalized spacial score (nSPS) is 9.80. The average Bonchev–Trinajstić information content (AvgIpc) is 2.84. The van der Waals surface area contributed by atoms with Crippen LogP contribution in [0.4, 0.5) is 0 Å². The molecule has 0 atom stereocenters. The van der Waals surface area contributed by atoms with Crippen molar-refractivity contribution in [3.8, 4) is 22.9 Å². The third-order valence-electron chi connectivity index (χ3n) is 1.95. The lowest BCUT2D eigenvalue weighted by atomic mass is 10.3. The molecule has 0 N–H and O–H groups in total. The minimum absolute atomic E-state index is 0.319. The van der Waals surface area contributed by atoms with Crippen LogP contribution in [0.2, 0.25) is 0 Å². The van der Waals surface area contributed by atoms with Crippen LogP contribution in [0.25, 0.3) is 10.6 Å². The van der Waals surface area contributed by atoms with Crippen molar-refractivity contribution in [3.63, 3.8) is 0 Å². The van der Waals surface area contributed by atoms with Crippen molar-refractivity contribution in [2.75, 3.05) is 0 Å². The van der Waals surface area contributed by atoms with Gasteiger partial charge in [0.1, 0.15) is 17.9 Å². The van der Waals surface area contributed by atoms with Gasteiger partial charge in [-0.1, -0.05) is 12.0 Å². The van der Waals surface area contributed by atoms with E-state index in [-0.39, 0.29) is 0 Å². The first-order chi connectivity index (χ1) is 7.35. The number of terminal acetylenes is 1. The fraction of sp³-hybridized carbons (Fsp3) is 0.0909. The van der Waals surface area contributed by atoms with Crippen LogP contribution in [0, 0.1) is 12.3 Å². The highest BCUT2D eigenvalue weighted by molar-refractivity contribution is 7.13. The van der Waals surface area contributed by atoms with Gasteiger partial charge < -0.3 is 0 Å². The number of thiophene rings is 1. The van der Waals surface area contributed by atoms with Crippen molar-refractivity contribution < 1.29 is 4.79 Å². The van der Waals surface area contributed by atoms with Crippen LogP contribution in [0.1, 0.15) is 10.5 Å². The molecule has 3 nitrogen and oxygen atoms in total. The third-order valence-corrected chi connectivity index (χ3v) is 2.84. The minimum atomic E-state index is 0.319. The lowest BCUT2D eigenvalue weighted by Gasteiger charge is -1.94. The molecule has 0 saturated heterocycles. The molecule has 0 radical (unpaired) electrons. The maximum absolute atomic E-state index is 10.8. The second kappa shape index (κ2) is 4.11. The highest BCUT2D eigenvalue weighted by Gasteiger charge is 2.08. The van der Waals surface area contributed by atoms with Crippen LogP contribution in [0.5, 0.6) is 0 Å². The number of carbonyl (C=O) groups excluding carboxylic acids is 1. The highest BCUT2D eigenvalue weighted by Crippen LogP contribution is 2.23. The molecular weight excluding hydrogens is 208 g/mol. The maximum Gasteiger partial charge on any atom is 0.168 e. The number of aromatic nitrogens is 2. The van der Waals surface area contributed by atoms with Crippen LogP contribution in [0.15, 0.2) is 23.6 Å². The number of hydrogen-bond acceptors (Lipinski definition) is 3. The number of aldehydes is 1. The van der Waals surface area contributed by atoms with E-state index in [1.54, 1.807) is 17.4 Å². The topological polar surface area (TPSA) is 34.9 Å². The van der Waals surface area contributed by atoms with Crippen molar-refractivity contribution >= 4 is 17.6 Å². The molecule has 0 aliphatic rings. The van der Waals surface area contributed by atoms with E-state index >= 15 is 0 Å². The molecular formula is C11H8N2OS. The van der Waals surface area contributed by atoms with E-state index in [9.17, 15) is 4.79 Å². The largest absolute Gasteiger partial charge is 0.296 e. The molecule has 2 rings (SSSR count). The van der Waals surface area contributed by atoms with Gasteiger partial charge in [0.05, 0.1) is 4.88 Å². The van der Waals surface area contributed by atoms with Crippen molar-refractivity contribution in [3.05, 3.63) is 29.3 Å². The lowest BCUT2D eigenvalue weighted by Crippen LogP contribution is -2.02. The van der Waals surface area contributed by atoms with Gasteiger partial charge in [-0.05, 0) is 17.5 Å². The first-order valence-corrected chi connectivity index (χ1v) is 5.23. The highest BCUT2D eigenvalue weighted by atomic mass is 32.1. The molecule has 0 amide bonds. The fourth-order valence-electron chi connectivity index (χ4n) is 1.28. The average molecular weight is 216 g/mol. The summed E-state index contributed by atoms with van der Waals surface area (Å²) in [5.41, 5.74) is 1.30. The molecule has 2 aromatic rings. The maximum atomic E-state index is 10.8. The molecule has 2 heterocycles. The zero-order chi connectivity index (χ0) is 10.7. The first-order valence-electron chi connectivity index (χ1n) is 4.35. The van der Waals surface area contributed by atoms with Crippen LogP contribution < -0.4 is 0 Å². The summed E-state index contributed by atoms with van der Waals surface area (Å²) in [5.74, 6) is 2.46. The van der Waals surface area contributed by atoms with E-state index in [1.165, 1.54) is 4.68 Å². The molecule has 0 saturated carbocycles. The fourth-order valence-corrected chi connectivity index (χ4v) is 1.97. The SMILES string of the molecule is C#CCn1nc(-c2cccs2)cc1C=O. The zero-order valence-electron chi connectivity index (χ0n) is 7.88. The van der Waals surface area contributed by atoms with Gasteiger partial charge in [0.25, 0.3) is 0 Å². The Hall–Kier alpha value is -1.86. The summed E-state index contributed by atoms with van der Waals surface area (Å²) in [5, 5.41) is 6.23. The quantitative estimate of drug-likeness (QED) is 0.581. The van der Waals surface area contributed by atoms with Gasteiger partial charge in [0, 0.05) is 0 Å².